The van der Waals surface area contributed by atoms with Gasteiger partial charge in [-0.2, -0.15) is 0 Å². The first-order valence-corrected chi connectivity index (χ1v) is 10.2. The minimum absolute atomic E-state index is 0.0171. The van der Waals surface area contributed by atoms with E-state index in [9.17, 15) is 9.59 Å². The van der Waals surface area contributed by atoms with Crippen molar-refractivity contribution in [1.29, 1.82) is 5.41 Å². The van der Waals surface area contributed by atoms with Crippen LogP contribution >= 0.6 is 0 Å². The summed E-state index contributed by atoms with van der Waals surface area (Å²) < 4.78 is 0. The highest BCUT2D eigenvalue weighted by molar-refractivity contribution is 6.10. The molecule has 0 saturated carbocycles. The minimum Gasteiger partial charge on any atom is -0.481 e. The third kappa shape index (κ3) is 5.37. The average molecular weight is 439 g/mol. The van der Waals surface area contributed by atoms with Crippen LogP contribution in [0, 0.1) is 5.41 Å². The molecule has 1 heterocycles. The number of hydrogen-bond donors (Lipinski definition) is 4. The van der Waals surface area contributed by atoms with Crippen LogP contribution in [0.25, 0.3) is 10.8 Å². The van der Waals surface area contributed by atoms with Crippen LogP contribution in [0.2, 0.25) is 0 Å². The number of benzene rings is 3. The summed E-state index contributed by atoms with van der Waals surface area (Å²) in [5, 5.41) is 24.9. The SMILES string of the molecule is N=C(CC(=O)O)c1ccccc1NCc1cnc(NC(=O)c2ccc3ccccc3c2)cn1. The lowest BCUT2D eigenvalue weighted by molar-refractivity contribution is -0.135. The maximum atomic E-state index is 12.6. The van der Waals surface area contributed by atoms with E-state index in [-0.39, 0.29) is 18.0 Å². The molecule has 0 aliphatic rings. The summed E-state index contributed by atoms with van der Waals surface area (Å²) >= 11 is 0. The Kier molecular flexibility index (Phi) is 6.36. The minimum atomic E-state index is -1.05. The third-order valence-electron chi connectivity index (χ3n) is 5.00. The molecule has 1 aromatic heterocycles. The smallest absolute Gasteiger partial charge is 0.309 e. The molecule has 0 radical (unpaired) electrons. The Morgan fingerprint density at radius 2 is 1.67 bits per heavy atom. The lowest BCUT2D eigenvalue weighted by Gasteiger charge is -2.12. The Balaban J connectivity index is 1.39. The predicted octanol–water partition coefficient (Wildman–Crippen LogP) is 4.34. The number of nitrogens with zero attached hydrogens (tertiary/aromatic N) is 2. The Hall–Kier alpha value is -4.59. The molecule has 4 rings (SSSR count). The number of hydrogen-bond acceptors (Lipinski definition) is 6. The summed E-state index contributed by atoms with van der Waals surface area (Å²) in [6.45, 7) is 0.323. The molecule has 0 saturated heterocycles. The Bertz CT molecular complexity index is 1340. The van der Waals surface area contributed by atoms with Crippen molar-refractivity contribution < 1.29 is 14.7 Å². The summed E-state index contributed by atoms with van der Waals surface area (Å²) in [5.41, 5.74) is 2.33. The molecule has 0 unspecified atom stereocenters. The number of para-hydroxylation sites is 1. The highest BCUT2D eigenvalue weighted by Gasteiger charge is 2.12. The number of anilines is 2. The van der Waals surface area contributed by atoms with Gasteiger partial charge in [0.15, 0.2) is 5.82 Å². The van der Waals surface area contributed by atoms with E-state index in [0.29, 0.717) is 34.9 Å². The zero-order valence-electron chi connectivity index (χ0n) is 17.6. The number of amides is 1. The fourth-order valence-corrected chi connectivity index (χ4v) is 3.36. The molecule has 0 aliphatic carbocycles. The highest BCUT2D eigenvalue weighted by Crippen LogP contribution is 2.19. The summed E-state index contributed by atoms with van der Waals surface area (Å²) in [7, 11) is 0. The molecule has 33 heavy (non-hydrogen) atoms. The number of nitrogens with one attached hydrogen (secondary N) is 3. The number of aliphatic carboxylic acids is 1. The van der Waals surface area contributed by atoms with E-state index in [0.717, 1.165) is 10.8 Å². The molecular weight excluding hydrogens is 418 g/mol. The van der Waals surface area contributed by atoms with E-state index in [1.54, 1.807) is 36.5 Å². The second-order valence-electron chi connectivity index (χ2n) is 7.36. The highest BCUT2D eigenvalue weighted by atomic mass is 16.4. The van der Waals surface area contributed by atoms with Gasteiger partial charge in [0.05, 0.1) is 36.8 Å². The van der Waals surface area contributed by atoms with Crippen molar-refractivity contribution in [3.8, 4) is 0 Å². The lowest BCUT2D eigenvalue weighted by Crippen LogP contribution is -2.14. The summed E-state index contributed by atoms with van der Waals surface area (Å²) in [6, 6.07) is 20.3. The largest absolute Gasteiger partial charge is 0.481 e. The number of carbonyl (C=O) groups excluding carboxylic acids is 1. The van der Waals surface area contributed by atoms with Crippen LogP contribution < -0.4 is 10.6 Å². The molecule has 4 aromatic rings. The van der Waals surface area contributed by atoms with Crippen LogP contribution in [0.5, 0.6) is 0 Å². The first-order chi connectivity index (χ1) is 16.0. The molecule has 0 atom stereocenters. The molecular formula is C25H21N5O3. The summed E-state index contributed by atoms with van der Waals surface area (Å²) in [5.74, 6) is -0.991. The van der Waals surface area contributed by atoms with Gasteiger partial charge in [0.1, 0.15) is 0 Å². The third-order valence-corrected chi connectivity index (χ3v) is 5.00. The van der Waals surface area contributed by atoms with Gasteiger partial charge in [-0.1, -0.05) is 48.5 Å². The summed E-state index contributed by atoms with van der Waals surface area (Å²) in [6.07, 6.45) is 2.67. The van der Waals surface area contributed by atoms with Gasteiger partial charge in [-0.05, 0) is 29.0 Å². The zero-order chi connectivity index (χ0) is 23.2. The fraction of sp³-hybridized carbons (Fsp3) is 0.0800. The first-order valence-electron chi connectivity index (χ1n) is 10.2. The van der Waals surface area contributed by atoms with Crippen LogP contribution in [0.15, 0.2) is 79.1 Å². The van der Waals surface area contributed by atoms with Gasteiger partial charge in [0.2, 0.25) is 0 Å². The molecule has 3 aromatic carbocycles. The van der Waals surface area contributed by atoms with Crippen molar-refractivity contribution in [2.45, 2.75) is 13.0 Å². The molecule has 0 bridgehead atoms. The van der Waals surface area contributed by atoms with Gasteiger partial charge in [0.25, 0.3) is 5.91 Å². The number of carbonyl (C=O) groups is 2. The van der Waals surface area contributed by atoms with Crippen LogP contribution in [0.4, 0.5) is 11.5 Å². The molecule has 4 N–H and O–H groups in total. The topological polar surface area (TPSA) is 128 Å². The first kappa shape index (κ1) is 21.6. The standard InChI is InChI=1S/C25H21N5O3/c26-21(12-24(31)32)20-7-3-4-8-22(20)28-13-19-14-29-23(15-27-19)30-25(33)18-10-9-16-5-1-2-6-17(16)11-18/h1-11,14-15,26,28H,12-13H2,(H,31,32)(H,29,30,33). The second kappa shape index (κ2) is 9.69. The second-order valence-corrected chi connectivity index (χ2v) is 7.36. The van der Waals surface area contributed by atoms with Crippen LogP contribution in [0.1, 0.15) is 28.0 Å². The monoisotopic (exact) mass is 439 g/mol. The zero-order valence-corrected chi connectivity index (χ0v) is 17.6. The van der Waals surface area contributed by atoms with E-state index >= 15 is 0 Å². The quantitative estimate of drug-likeness (QED) is 0.303. The van der Waals surface area contributed by atoms with E-state index in [4.69, 9.17) is 10.5 Å². The van der Waals surface area contributed by atoms with Gasteiger partial charge in [0, 0.05) is 16.8 Å². The summed E-state index contributed by atoms with van der Waals surface area (Å²) in [4.78, 5) is 32.1. The number of fused-ring (bicyclic) bond motifs is 1. The molecule has 164 valence electrons. The Morgan fingerprint density at radius 3 is 2.42 bits per heavy atom. The number of rotatable bonds is 8. The van der Waals surface area contributed by atoms with Crippen LogP contribution in [0.3, 0.4) is 0 Å². The number of aromatic nitrogens is 2. The van der Waals surface area contributed by atoms with Gasteiger partial charge in [-0.3, -0.25) is 14.6 Å². The molecule has 0 aliphatic heterocycles. The van der Waals surface area contributed by atoms with Crippen molar-refractivity contribution in [1.82, 2.24) is 9.97 Å². The van der Waals surface area contributed by atoms with E-state index in [1.807, 2.05) is 36.4 Å². The Morgan fingerprint density at radius 1 is 0.909 bits per heavy atom. The van der Waals surface area contributed by atoms with Gasteiger partial charge >= 0.3 is 5.97 Å². The van der Waals surface area contributed by atoms with Crippen LogP contribution in [-0.4, -0.2) is 32.7 Å². The molecule has 8 heteroatoms. The molecule has 0 spiro atoms. The average Bonchev–Trinajstić information content (AvgIpc) is 2.83. The maximum absolute atomic E-state index is 12.6. The van der Waals surface area contributed by atoms with Gasteiger partial charge in [-0.15, -0.1) is 0 Å². The predicted molar refractivity (Wildman–Crippen MR) is 127 cm³/mol. The fourth-order valence-electron chi connectivity index (χ4n) is 3.36. The van der Waals surface area contributed by atoms with E-state index in [2.05, 4.69) is 20.6 Å². The van der Waals surface area contributed by atoms with Gasteiger partial charge in [-0.25, -0.2) is 4.98 Å². The Labute approximate surface area is 189 Å². The van der Waals surface area contributed by atoms with Gasteiger partial charge < -0.3 is 21.1 Å². The maximum Gasteiger partial charge on any atom is 0.309 e. The molecule has 8 nitrogen and oxygen atoms in total. The van der Waals surface area contributed by atoms with Crippen molar-refractivity contribution in [3.63, 3.8) is 0 Å². The van der Waals surface area contributed by atoms with Crippen LogP contribution in [-0.2, 0) is 11.3 Å². The number of carboxylic acid groups (broad SMARTS) is 1. The molecule has 1 amide bonds. The lowest BCUT2D eigenvalue weighted by atomic mass is 10.1. The molecule has 0 fully saturated rings. The van der Waals surface area contributed by atoms with E-state index < -0.39 is 5.97 Å². The normalized spacial score (nSPS) is 10.5. The van der Waals surface area contributed by atoms with Crippen molar-refractivity contribution in [2.24, 2.45) is 0 Å². The van der Waals surface area contributed by atoms with Crippen molar-refractivity contribution >= 4 is 39.9 Å². The van der Waals surface area contributed by atoms with E-state index in [1.165, 1.54) is 6.20 Å². The van der Waals surface area contributed by atoms with Crippen molar-refractivity contribution in [3.05, 3.63) is 95.9 Å². The van der Waals surface area contributed by atoms with Crippen molar-refractivity contribution in [2.75, 3.05) is 10.6 Å². The number of carboxylic acids is 1.